The molecule has 2 aliphatic rings. The van der Waals surface area contributed by atoms with E-state index in [0.29, 0.717) is 5.92 Å². The lowest BCUT2D eigenvalue weighted by Gasteiger charge is -2.36. The molecule has 7 heteroatoms. The first-order valence-electron chi connectivity index (χ1n) is 9.86. The quantitative estimate of drug-likeness (QED) is 0.702. The average molecular weight is 383 g/mol. The number of amides is 1. The van der Waals surface area contributed by atoms with E-state index >= 15 is 0 Å². The molecule has 2 fully saturated rings. The van der Waals surface area contributed by atoms with Gasteiger partial charge in [0, 0.05) is 6.08 Å². The number of rotatable bonds is 5. The topological polar surface area (TPSA) is 88.1 Å². The molecule has 1 aliphatic heterocycles. The molecule has 2 atom stereocenters. The van der Waals surface area contributed by atoms with Gasteiger partial charge in [-0.3, -0.25) is 5.43 Å². The second-order valence-electron chi connectivity index (χ2n) is 9.02. The molecule has 2 N–H and O–H groups in total. The van der Waals surface area contributed by atoms with Gasteiger partial charge in [-0.25, -0.2) is 9.59 Å². The standard InChI is InChI=1S/C20H34N2O5/c1-19(2,3)27-18(25)21-22-15(13-14-9-7-6-8-10-14)16(11-12-17(23)24)26-20(22,4)5/h11-12,14-16H,6-10,13H2,1-5H3,(H,21,25)(H,23,24). The molecular formula is C20H34N2O5. The zero-order chi connectivity index (χ0) is 20.2. The van der Waals surface area contributed by atoms with Crippen molar-refractivity contribution in [2.75, 3.05) is 0 Å². The first-order chi connectivity index (χ1) is 12.5. The zero-order valence-electron chi connectivity index (χ0n) is 17.2. The van der Waals surface area contributed by atoms with Crippen LogP contribution in [0.2, 0.25) is 0 Å². The molecule has 2 unspecified atom stereocenters. The van der Waals surface area contributed by atoms with Crippen LogP contribution in [0, 0.1) is 5.92 Å². The molecule has 0 aromatic heterocycles. The fourth-order valence-electron chi connectivity index (χ4n) is 3.98. The van der Waals surface area contributed by atoms with Gasteiger partial charge in [0.05, 0.1) is 12.1 Å². The lowest BCUT2D eigenvalue weighted by molar-refractivity contribution is -0.131. The Bertz CT molecular complexity index is 561. The monoisotopic (exact) mass is 382 g/mol. The van der Waals surface area contributed by atoms with Crippen molar-refractivity contribution in [1.82, 2.24) is 10.4 Å². The number of hydrogen-bond acceptors (Lipinski definition) is 5. The second-order valence-corrected chi connectivity index (χ2v) is 9.02. The van der Waals surface area contributed by atoms with Crippen molar-refractivity contribution >= 4 is 12.1 Å². The number of carbonyl (C=O) groups excluding carboxylic acids is 1. The van der Waals surface area contributed by atoms with Crippen molar-refractivity contribution in [3.63, 3.8) is 0 Å². The predicted molar refractivity (Wildman–Crippen MR) is 102 cm³/mol. The smallest absolute Gasteiger partial charge is 0.422 e. The highest BCUT2D eigenvalue weighted by Crippen LogP contribution is 2.37. The number of carbonyl (C=O) groups is 2. The van der Waals surface area contributed by atoms with Crippen LogP contribution in [0.25, 0.3) is 0 Å². The maximum absolute atomic E-state index is 12.4. The van der Waals surface area contributed by atoms with Gasteiger partial charge in [0.1, 0.15) is 11.3 Å². The normalized spacial score (nSPS) is 27.0. The summed E-state index contributed by atoms with van der Waals surface area (Å²) in [6.07, 6.45) is 8.62. The number of hydrazine groups is 1. The third-order valence-corrected chi connectivity index (χ3v) is 5.05. The van der Waals surface area contributed by atoms with Crippen LogP contribution >= 0.6 is 0 Å². The van der Waals surface area contributed by atoms with Crippen molar-refractivity contribution in [3.8, 4) is 0 Å². The number of carboxylic acid groups (broad SMARTS) is 1. The maximum Gasteiger partial charge on any atom is 0.422 e. The van der Waals surface area contributed by atoms with Gasteiger partial charge in [0.25, 0.3) is 0 Å². The van der Waals surface area contributed by atoms with E-state index in [1.165, 1.54) is 19.3 Å². The van der Waals surface area contributed by atoms with Gasteiger partial charge in [0.2, 0.25) is 0 Å². The highest BCUT2D eigenvalue weighted by molar-refractivity contribution is 5.79. The molecule has 0 radical (unpaired) electrons. The Kier molecular flexibility index (Phi) is 6.92. The Morgan fingerprint density at radius 2 is 1.89 bits per heavy atom. The van der Waals surface area contributed by atoms with Crippen molar-refractivity contribution < 1.29 is 24.2 Å². The Morgan fingerprint density at radius 3 is 2.44 bits per heavy atom. The summed E-state index contributed by atoms with van der Waals surface area (Å²) >= 11 is 0. The predicted octanol–water partition coefficient (Wildman–Crippen LogP) is 3.84. The van der Waals surface area contributed by atoms with Crippen LogP contribution < -0.4 is 5.43 Å². The Balaban J connectivity index is 2.19. The summed E-state index contributed by atoms with van der Waals surface area (Å²) in [6.45, 7) is 9.18. The number of aliphatic carboxylic acids is 1. The number of nitrogens with one attached hydrogen (secondary N) is 1. The summed E-state index contributed by atoms with van der Waals surface area (Å²) in [7, 11) is 0. The minimum absolute atomic E-state index is 0.147. The molecular weight excluding hydrogens is 348 g/mol. The maximum atomic E-state index is 12.4. The first-order valence-corrected chi connectivity index (χ1v) is 9.86. The van der Waals surface area contributed by atoms with Gasteiger partial charge in [-0.1, -0.05) is 32.1 Å². The second kappa shape index (κ2) is 8.61. The summed E-state index contributed by atoms with van der Waals surface area (Å²) < 4.78 is 11.5. The third-order valence-electron chi connectivity index (χ3n) is 5.05. The molecule has 1 amide bonds. The van der Waals surface area contributed by atoms with Crippen LogP contribution in [0.15, 0.2) is 12.2 Å². The molecule has 1 saturated heterocycles. The van der Waals surface area contributed by atoms with Crippen LogP contribution in [0.1, 0.15) is 73.1 Å². The third kappa shape index (κ3) is 6.50. The lowest BCUT2D eigenvalue weighted by Crippen LogP contribution is -2.56. The highest BCUT2D eigenvalue weighted by Gasteiger charge is 2.48. The Hall–Kier alpha value is -1.60. The molecule has 7 nitrogen and oxygen atoms in total. The SMILES string of the molecule is CC(C)(C)OC(=O)NN1C(CC2CCCCC2)C(C=CC(=O)O)OC1(C)C. The first kappa shape index (κ1) is 21.7. The van der Waals surface area contributed by atoms with Crippen LogP contribution in [-0.4, -0.2) is 45.6 Å². The summed E-state index contributed by atoms with van der Waals surface area (Å²) in [6, 6.07) is -0.147. The van der Waals surface area contributed by atoms with Gasteiger partial charge >= 0.3 is 12.1 Å². The van der Waals surface area contributed by atoms with Gasteiger partial charge in [-0.15, -0.1) is 0 Å². The van der Waals surface area contributed by atoms with Gasteiger partial charge in [0.15, 0.2) is 0 Å². The number of nitrogens with zero attached hydrogens (tertiary/aromatic N) is 1. The summed E-state index contributed by atoms with van der Waals surface area (Å²) in [5.74, 6) is -0.462. The van der Waals surface area contributed by atoms with Crippen LogP contribution in [0.5, 0.6) is 0 Å². The molecule has 1 heterocycles. The van der Waals surface area contributed by atoms with Gasteiger partial charge in [-0.2, -0.15) is 5.01 Å². The molecule has 0 spiro atoms. The van der Waals surface area contributed by atoms with Crippen LogP contribution in [0.3, 0.4) is 0 Å². The number of ether oxygens (including phenoxy) is 2. The van der Waals surface area contributed by atoms with E-state index in [1.54, 1.807) is 11.1 Å². The average Bonchev–Trinajstić information content (AvgIpc) is 2.76. The van der Waals surface area contributed by atoms with Gasteiger partial charge in [-0.05, 0) is 53.0 Å². The fourth-order valence-corrected chi connectivity index (χ4v) is 3.98. The lowest BCUT2D eigenvalue weighted by atomic mass is 9.83. The molecule has 0 aromatic carbocycles. The summed E-state index contributed by atoms with van der Waals surface area (Å²) in [5, 5.41) is 10.8. The number of carboxylic acids is 1. The van der Waals surface area contributed by atoms with Gasteiger partial charge < -0.3 is 14.6 Å². The molecule has 27 heavy (non-hydrogen) atoms. The molecule has 0 bridgehead atoms. The van der Waals surface area contributed by atoms with E-state index in [4.69, 9.17) is 14.6 Å². The molecule has 154 valence electrons. The van der Waals surface area contributed by atoms with Crippen molar-refractivity contribution in [1.29, 1.82) is 0 Å². The van der Waals surface area contributed by atoms with Crippen molar-refractivity contribution in [2.45, 2.75) is 96.6 Å². The molecule has 0 aromatic rings. The number of hydrogen-bond donors (Lipinski definition) is 2. The summed E-state index contributed by atoms with van der Waals surface area (Å²) in [4.78, 5) is 23.4. The highest BCUT2D eigenvalue weighted by atomic mass is 16.6. The Labute approximate surface area is 162 Å². The van der Waals surface area contributed by atoms with E-state index in [1.807, 2.05) is 34.6 Å². The van der Waals surface area contributed by atoms with E-state index < -0.39 is 29.5 Å². The zero-order valence-corrected chi connectivity index (χ0v) is 17.2. The van der Waals surface area contributed by atoms with Crippen LogP contribution in [0.4, 0.5) is 4.79 Å². The van der Waals surface area contributed by atoms with Crippen molar-refractivity contribution in [3.05, 3.63) is 12.2 Å². The van der Waals surface area contributed by atoms with E-state index in [0.717, 1.165) is 25.3 Å². The minimum atomic E-state index is -1.01. The van der Waals surface area contributed by atoms with Crippen molar-refractivity contribution in [2.24, 2.45) is 5.92 Å². The van der Waals surface area contributed by atoms with Crippen LogP contribution in [-0.2, 0) is 14.3 Å². The minimum Gasteiger partial charge on any atom is -0.478 e. The molecule has 1 saturated carbocycles. The van der Waals surface area contributed by atoms with E-state index in [2.05, 4.69) is 5.43 Å². The largest absolute Gasteiger partial charge is 0.478 e. The fraction of sp³-hybridized carbons (Fsp3) is 0.800. The summed E-state index contributed by atoms with van der Waals surface area (Å²) in [5.41, 5.74) is 1.47. The Morgan fingerprint density at radius 1 is 1.26 bits per heavy atom. The van der Waals surface area contributed by atoms with E-state index in [9.17, 15) is 9.59 Å². The molecule has 1 aliphatic carbocycles. The molecule has 2 rings (SSSR count). The van der Waals surface area contributed by atoms with E-state index in [-0.39, 0.29) is 6.04 Å².